The zero-order valence-corrected chi connectivity index (χ0v) is 19.5. The predicted molar refractivity (Wildman–Crippen MR) is 130 cm³/mol. The lowest BCUT2D eigenvalue weighted by molar-refractivity contribution is 0.0702. The summed E-state index contributed by atoms with van der Waals surface area (Å²) in [5, 5.41) is 10.6. The maximum atomic E-state index is 13.8. The molecule has 2 aromatic carbocycles. The number of carboxylic acids is 1. The number of amides is 1. The van der Waals surface area contributed by atoms with Gasteiger partial charge in [0.05, 0.1) is 22.3 Å². The van der Waals surface area contributed by atoms with Crippen LogP contribution in [0.2, 0.25) is 10.0 Å². The van der Waals surface area contributed by atoms with Gasteiger partial charge in [0.15, 0.2) is 0 Å². The Morgan fingerprint density at radius 2 is 1.75 bits per heavy atom. The van der Waals surface area contributed by atoms with Crippen LogP contribution in [0.5, 0.6) is 0 Å². The minimum absolute atomic E-state index is 0.0973. The van der Waals surface area contributed by atoms with E-state index in [9.17, 15) is 14.7 Å². The molecule has 166 valence electrons. The van der Waals surface area contributed by atoms with Gasteiger partial charge >= 0.3 is 5.97 Å². The molecule has 1 unspecified atom stereocenters. The Kier molecular flexibility index (Phi) is 6.86. The molecule has 1 aromatic heterocycles. The number of benzene rings is 2. The van der Waals surface area contributed by atoms with E-state index in [-0.39, 0.29) is 33.5 Å². The van der Waals surface area contributed by atoms with Gasteiger partial charge in [-0.3, -0.25) is 4.79 Å². The number of carbonyl (C=O) groups excluding carboxylic acids is 1. The molecule has 1 heterocycles. The van der Waals surface area contributed by atoms with E-state index >= 15 is 0 Å². The first kappa shape index (κ1) is 22.8. The first-order valence-electron chi connectivity index (χ1n) is 10.3. The molecule has 1 aliphatic carbocycles. The van der Waals surface area contributed by atoms with E-state index in [1.165, 1.54) is 6.07 Å². The Balaban J connectivity index is 1.87. The van der Waals surface area contributed by atoms with Gasteiger partial charge in [-0.1, -0.05) is 66.4 Å². The molecule has 1 aliphatic rings. The van der Waals surface area contributed by atoms with Gasteiger partial charge in [0.1, 0.15) is 4.88 Å². The van der Waals surface area contributed by atoms with E-state index < -0.39 is 5.97 Å². The molecule has 1 saturated carbocycles. The Bertz CT molecular complexity index is 1150. The molecule has 3 aromatic rings. The highest BCUT2D eigenvalue weighted by atomic mass is 35.5. The van der Waals surface area contributed by atoms with Gasteiger partial charge in [-0.05, 0) is 42.7 Å². The van der Waals surface area contributed by atoms with E-state index in [1.807, 2.05) is 30.3 Å². The van der Waals surface area contributed by atoms with E-state index in [0.29, 0.717) is 17.1 Å². The lowest BCUT2D eigenvalue weighted by Gasteiger charge is -2.38. The molecule has 4 rings (SSSR count). The van der Waals surface area contributed by atoms with Gasteiger partial charge in [-0.2, -0.15) is 0 Å². The van der Waals surface area contributed by atoms with Crippen molar-refractivity contribution in [2.45, 2.75) is 37.8 Å². The summed E-state index contributed by atoms with van der Waals surface area (Å²) in [6.07, 6.45) is 3.34. The molecule has 8 heteroatoms. The fourth-order valence-corrected chi connectivity index (χ4v) is 5.63. The number of nitrogens with two attached hydrogens (primary N) is 1. The van der Waals surface area contributed by atoms with Gasteiger partial charge in [-0.25, -0.2) is 4.79 Å². The highest BCUT2D eigenvalue weighted by Crippen LogP contribution is 2.40. The Morgan fingerprint density at radius 1 is 1.03 bits per heavy atom. The summed E-state index contributed by atoms with van der Waals surface area (Å²) in [6, 6.07) is 15.4. The molecule has 1 amide bonds. The highest BCUT2D eigenvalue weighted by Gasteiger charge is 2.36. The second kappa shape index (κ2) is 9.63. The molecule has 0 aliphatic heterocycles. The van der Waals surface area contributed by atoms with Crippen LogP contribution >= 0.6 is 34.5 Å². The van der Waals surface area contributed by atoms with Crippen molar-refractivity contribution in [1.82, 2.24) is 0 Å². The molecule has 0 radical (unpaired) electrons. The van der Waals surface area contributed by atoms with Crippen molar-refractivity contribution in [3.63, 3.8) is 0 Å². The summed E-state index contributed by atoms with van der Waals surface area (Å²) in [5.41, 5.74) is 7.94. The number of carboxylic acid groups (broad SMARTS) is 1. The van der Waals surface area contributed by atoms with Gasteiger partial charge < -0.3 is 15.7 Å². The number of aromatic carboxylic acids is 1. The third-order valence-corrected chi connectivity index (χ3v) is 7.43. The standard InChI is InChI=1S/C24H22Cl2N2O3S/c25-15-10-11-16(17(26)12-15)23(29)28(19-9-5-4-8-18(19)27)20-13-21(32-22(20)24(30)31)14-6-2-1-3-7-14/h1-3,6-7,10-13,18-19H,4-5,8-9,27H2,(H,30,31)/t18?,19-/m1/s1. The first-order chi connectivity index (χ1) is 15.4. The molecule has 0 bridgehead atoms. The van der Waals surface area contributed by atoms with Crippen molar-refractivity contribution < 1.29 is 14.7 Å². The fourth-order valence-electron chi connectivity index (χ4n) is 4.15. The number of hydrogen-bond acceptors (Lipinski definition) is 4. The van der Waals surface area contributed by atoms with Crippen LogP contribution in [-0.2, 0) is 0 Å². The summed E-state index contributed by atoms with van der Waals surface area (Å²) < 4.78 is 0. The number of rotatable bonds is 5. The largest absolute Gasteiger partial charge is 0.477 e. The molecule has 0 saturated heterocycles. The van der Waals surface area contributed by atoms with Crippen molar-refractivity contribution >= 4 is 52.1 Å². The van der Waals surface area contributed by atoms with Crippen LogP contribution in [0.1, 0.15) is 45.7 Å². The SMILES string of the molecule is NC1CCCC[C@H]1N(C(=O)c1ccc(Cl)cc1Cl)c1cc(-c2ccccc2)sc1C(=O)O. The summed E-state index contributed by atoms with van der Waals surface area (Å²) in [7, 11) is 0. The lowest BCUT2D eigenvalue weighted by Crippen LogP contribution is -2.52. The monoisotopic (exact) mass is 488 g/mol. The van der Waals surface area contributed by atoms with Crippen molar-refractivity contribution in [3.8, 4) is 10.4 Å². The number of hydrogen-bond donors (Lipinski definition) is 2. The number of anilines is 1. The van der Waals surface area contributed by atoms with E-state index in [4.69, 9.17) is 28.9 Å². The molecule has 0 spiro atoms. The Morgan fingerprint density at radius 3 is 2.41 bits per heavy atom. The van der Waals surface area contributed by atoms with Crippen LogP contribution < -0.4 is 10.6 Å². The second-order valence-electron chi connectivity index (χ2n) is 7.81. The van der Waals surface area contributed by atoms with Crippen LogP contribution in [0.4, 0.5) is 5.69 Å². The van der Waals surface area contributed by atoms with Crippen molar-refractivity contribution in [1.29, 1.82) is 0 Å². The summed E-state index contributed by atoms with van der Waals surface area (Å²) in [6.45, 7) is 0. The zero-order valence-electron chi connectivity index (χ0n) is 17.1. The average molecular weight is 489 g/mol. The topological polar surface area (TPSA) is 83.6 Å². The Labute approximate surface area is 200 Å². The van der Waals surface area contributed by atoms with Crippen LogP contribution in [0.15, 0.2) is 54.6 Å². The number of thiophene rings is 1. The predicted octanol–water partition coefficient (Wildman–Crippen LogP) is 6.34. The van der Waals surface area contributed by atoms with Gasteiger partial charge in [0.2, 0.25) is 0 Å². The minimum Gasteiger partial charge on any atom is -0.477 e. The normalized spacial score (nSPS) is 18.3. The molecule has 2 atom stereocenters. The lowest BCUT2D eigenvalue weighted by atomic mass is 9.89. The molecule has 3 N–H and O–H groups in total. The van der Waals surface area contributed by atoms with Gasteiger partial charge in [-0.15, -0.1) is 11.3 Å². The van der Waals surface area contributed by atoms with Crippen molar-refractivity contribution in [2.75, 3.05) is 4.90 Å². The van der Waals surface area contributed by atoms with Crippen LogP contribution in [0.3, 0.4) is 0 Å². The average Bonchev–Trinajstić information content (AvgIpc) is 3.21. The maximum absolute atomic E-state index is 13.8. The quantitative estimate of drug-likeness (QED) is 0.438. The minimum atomic E-state index is -1.09. The van der Waals surface area contributed by atoms with Crippen molar-refractivity contribution in [2.24, 2.45) is 5.73 Å². The number of halogens is 2. The van der Waals surface area contributed by atoms with E-state index in [1.54, 1.807) is 23.1 Å². The van der Waals surface area contributed by atoms with Crippen LogP contribution in [-0.4, -0.2) is 29.1 Å². The molecule has 5 nitrogen and oxygen atoms in total. The highest BCUT2D eigenvalue weighted by molar-refractivity contribution is 7.18. The van der Waals surface area contributed by atoms with Gasteiger partial charge in [0, 0.05) is 15.9 Å². The zero-order chi connectivity index (χ0) is 22.8. The summed E-state index contributed by atoms with van der Waals surface area (Å²) >= 11 is 13.5. The first-order valence-corrected chi connectivity index (χ1v) is 11.9. The fraction of sp³-hybridized carbons (Fsp3) is 0.250. The molecular formula is C24H22Cl2N2O3S. The van der Waals surface area contributed by atoms with E-state index in [2.05, 4.69) is 0 Å². The van der Waals surface area contributed by atoms with Crippen LogP contribution in [0.25, 0.3) is 10.4 Å². The molecular weight excluding hydrogens is 467 g/mol. The second-order valence-corrected chi connectivity index (χ2v) is 9.71. The van der Waals surface area contributed by atoms with Gasteiger partial charge in [0.25, 0.3) is 5.91 Å². The van der Waals surface area contributed by atoms with Crippen molar-refractivity contribution in [3.05, 3.63) is 75.1 Å². The maximum Gasteiger partial charge on any atom is 0.348 e. The summed E-state index contributed by atoms with van der Waals surface area (Å²) in [4.78, 5) is 28.4. The van der Waals surface area contributed by atoms with E-state index in [0.717, 1.165) is 41.0 Å². The number of nitrogens with zero attached hydrogens (tertiary/aromatic N) is 1. The molecule has 32 heavy (non-hydrogen) atoms. The smallest absolute Gasteiger partial charge is 0.348 e. The molecule has 1 fully saturated rings. The third kappa shape index (κ3) is 4.55. The summed E-state index contributed by atoms with van der Waals surface area (Å²) in [5.74, 6) is -1.47. The van der Waals surface area contributed by atoms with Crippen LogP contribution in [0, 0.1) is 0 Å². The Hall–Kier alpha value is -2.38. The number of carbonyl (C=O) groups is 2. The third-order valence-electron chi connectivity index (χ3n) is 5.72.